The molecule has 0 radical (unpaired) electrons. The van der Waals surface area contributed by atoms with Crippen LogP contribution in [0.5, 0.6) is 0 Å². The zero-order valence-electron chi connectivity index (χ0n) is 9.84. The van der Waals surface area contributed by atoms with E-state index in [9.17, 15) is 8.78 Å². The number of aromatic nitrogens is 2. The fourth-order valence-corrected chi connectivity index (χ4v) is 1.86. The summed E-state index contributed by atoms with van der Waals surface area (Å²) in [6.45, 7) is 0.0410. The Morgan fingerprint density at radius 1 is 1.39 bits per heavy atom. The van der Waals surface area contributed by atoms with Crippen molar-refractivity contribution in [3.05, 3.63) is 36.3 Å². The molecule has 4 nitrogen and oxygen atoms in total. The summed E-state index contributed by atoms with van der Waals surface area (Å²) in [6, 6.07) is 5.60. The van der Waals surface area contributed by atoms with E-state index in [-0.39, 0.29) is 19.7 Å². The molecule has 0 bridgehead atoms. The largest absolute Gasteiger partial charge is 0.395 e. The molecule has 2 heterocycles. The minimum absolute atomic E-state index is 0.139. The topological polar surface area (TPSA) is 40.8 Å². The molecule has 0 unspecified atom stereocenters. The van der Waals surface area contributed by atoms with E-state index < -0.39 is 6.43 Å². The summed E-state index contributed by atoms with van der Waals surface area (Å²) in [5, 5.41) is 8.86. The fraction of sp³-hybridized carbons (Fsp3) is 0.417. The average molecular weight is 255 g/mol. The Morgan fingerprint density at radius 3 is 2.89 bits per heavy atom. The number of imidazole rings is 1. The highest BCUT2D eigenvalue weighted by Crippen LogP contribution is 2.08. The second-order valence-electron chi connectivity index (χ2n) is 4.05. The molecule has 0 aromatic carbocycles. The number of halogens is 2. The van der Waals surface area contributed by atoms with Crippen molar-refractivity contribution >= 4 is 5.65 Å². The highest BCUT2D eigenvalue weighted by Gasteiger charge is 2.13. The number of nitrogens with zero attached hydrogens (tertiary/aromatic N) is 3. The number of alkyl halides is 2. The number of aliphatic hydroxyl groups is 1. The van der Waals surface area contributed by atoms with E-state index in [1.807, 2.05) is 35.0 Å². The Labute approximate surface area is 103 Å². The SMILES string of the molecule is OCCN(Cc1cn2ccccc2n1)CC(F)F. The van der Waals surface area contributed by atoms with Gasteiger partial charge < -0.3 is 9.51 Å². The third kappa shape index (κ3) is 3.24. The van der Waals surface area contributed by atoms with Gasteiger partial charge in [-0.15, -0.1) is 0 Å². The summed E-state index contributed by atoms with van der Waals surface area (Å²) < 4.78 is 26.6. The van der Waals surface area contributed by atoms with Crippen molar-refractivity contribution in [2.24, 2.45) is 0 Å². The minimum atomic E-state index is -2.41. The van der Waals surface area contributed by atoms with Gasteiger partial charge in [-0.05, 0) is 12.1 Å². The quantitative estimate of drug-likeness (QED) is 0.848. The summed E-state index contributed by atoms with van der Waals surface area (Å²) in [5.74, 6) is 0. The smallest absolute Gasteiger partial charge is 0.251 e. The van der Waals surface area contributed by atoms with Crippen LogP contribution in [-0.2, 0) is 6.54 Å². The summed E-state index contributed by atoms with van der Waals surface area (Å²) >= 11 is 0. The van der Waals surface area contributed by atoms with Gasteiger partial charge in [-0.1, -0.05) is 6.07 Å². The van der Waals surface area contributed by atoms with E-state index in [0.717, 1.165) is 11.3 Å². The van der Waals surface area contributed by atoms with Gasteiger partial charge in [0.2, 0.25) is 0 Å². The molecule has 1 N–H and O–H groups in total. The molecule has 2 aromatic heterocycles. The van der Waals surface area contributed by atoms with Crippen LogP contribution < -0.4 is 0 Å². The maximum Gasteiger partial charge on any atom is 0.251 e. The van der Waals surface area contributed by atoms with Crippen LogP contribution in [0.1, 0.15) is 5.69 Å². The van der Waals surface area contributed by atoms with Gasteiger partial charge >= 0.3 is 0 Å². The second-order valence-corrected chi connectivity index (χ2v) is 4.05. The molecule has 0 fully saturated rings. The molecule has 2 rings (SSSR count). The van der Waals surface area contributed by atoms with Crippen LogP contribution in [0.4, 0.5) is 8.78 Å². The van der Waals surface area contributed by atoms with Crippen molar-refractivity contribution in [3.63, 3.8) is 0 Å². The molecule has 0 saturated carbocycles. The molecule has 0 spiro atoms. The predicted molar refractivity (Wildman–Crippen MR) is 63.6 cm³/mol. The van der Waals surface area contributed by atoms with Gasteiger partial charge in [0.15, 0.2) is 0 Å². The minimum Gasteiger partial charge on any atom is -0.395 e. The van der Waals surface area contributed by atoms with Crippen LogP contribution in [0.2, 0.25) is 0 Å². The first kappa shape index (κ1) is 12.9. The van der Waals surface area contributed by atoms with Crippen molar-refractivity contribution in [1.82, 2.24) is 14.3 Å². The summed E-state index contributed by atoms with van der Waals surface area (Å²) in [7, 11) is 0. The number of hydrogen-bond acceptors (Lipinski definition) is 3. The van der Waals surface area contributed by atoms with Gasteiger partial charge in [-0.2, -0.15) is 0 Å². The lowest BCUT2D eigenvalue weighted by Crippen LogP contribution is -2.31. The molecule has 98 valence electrons. The van der Waals surface area contributed by atoms with E-state index in [4.69, 9.17) is 5.11 Å². The number of fused-ring (bicyclic) bond motifs is 1. The molecule has 0 aliphatic heterocycles. The van der Waals surface area contributed by atoms with E-state index in [1.54, 1.807) is 0 Å². The van der Waals surface area contributed by atoms with E-state index in [0.29, 0.717) is 6.54 Å². The van der Waals surface area contributed by atoms with Crippen molar-refractivity contribution in [3.8, 4) is 0 Å². The molecular formula is C12H15F2N3O. The maximum absolute atomic E-state index is 12.4. The predicted octanol–water partition coefficient (Wildman–Crippen LogP) is 1.39. The second kappa shape index (κ2) is 5.88. The molecule has 0 amide bonds. The van der Waals surface area contributed by atoms with Crippen LogP contribution in [0.3, 0.4) is 0 Å². The lowest BCUT2D eigenvalue weighted by molar-refractivity contribution is 0.0741. The lowest BCUT2D eigenvalue weighted by Gasteiger charge is -2.19. The Morgan fingerprint density at radius 2 is 2.22 bits per heavy atom. The molecule has 0 saturated heterocycles. The standard InChI is InChI=1S/C12H15F2N3O/c13-11(14)9-16(5-6-18)7-10-8-17-4-2-1-3-12(17)15-10/h1-4,8,11,18H,5-7,9H2. The van der Waals surface area contributed by atoms with E-state index in [1.165, 1.54) is 4.90 Å². The Balaban J connectivity index is 2.09. The molecular weight excluding hydrogens is 240 g/mol. The van der Waals surface area contributed by atoms with Crippen LogP contribution in [0.25, 0.3) is 5.65 Å². The zero-order valence-corrected chi connectivity index (χ0v) is 9.84. The molecule has 0 aliphatic carbocycles. The lowest BCUT2D eigenvalue weighted by atomic mass is 10.4. The average Bonchev–Trinajstić information content (AvgIpc) is 2.70. The normalized spacial score (nSPS) is 11.8. The fourth-order valence-electron chi connectivity index (χ4n) is 1.86. The molecule has 0 aliphatic rings. The monoisotopic (exact) mass is 255 g/mol. The van der Waals surface area contributed by atoms with Gasteiger partial charge in [0.05, 0.1) is 18.8 Å². The summed E-state index contributed by atoms with van der Waals surface area (Å²) in [5.41, 5.74) is 1.50. The first-order valence-corrected chi connectivity index (χ1v) is 5.73. The van der Waals surface area contributed by atoms with Gasteiger partial charge in [0, 0.05) is 25.5 Å². The zero-order chi connectivity index (χ0) is 13.0. The van der Waals surface area contributed by atoms with Crippen molar-refractivity contribution in [1.29, 1.82) is 0 Å². The van der Waals surface area contributed by atoms with E-state index >= 15 is 0 Å². The maximum atomic E-state index is 12.4. The number of rotatable bonds is 6. The van der Waals surface area contributed by atoms with E-state index in [2.05, 4.69) is 4.98 Å². The van der Waals surface area contributed by atoms with Crippen molar-refractivity contribution in [2.45, 2.75) is 13.0 Å². The highest BCUT2D eigenvalue weighted by molar-refractivity contribution is 5.39. The van der Waals surface area contributed by atoms with Gasteiger partial charge in [-0.25, -0.2) is 13.8 Å². The van der Waals surface area contributed by atoms with Crippen LogP contribution in [0.15, 0.2) is 30.6 Å². The molecule has 18 heavy (non-hydrogen) atoms. The van der Waals surface area contributed by atoms with Crippen LogP contribution in [-0.4, -0.2) is 45.5 Å². The third-order valence-electron chi connectivity index (χ3n) is 2.61. The summed E-state index contributed by atoms with van der Waals surface area (Å²) in [6.07, 6.45) is 1.26. The summed E-state index contributed by atoms with van der Waals surface area (Å²) in [4.78, 5) is 5.83. The van der Waals surface area contributed by atoms with Crippen molar-refractivity contribution in [2.75, 3.05) is 19.7 Å². The highest BCUT2D eigenvalue weighted by atomic mass is 19.3. The number of pyridine rings is 1. The number of aliphatic hydroxyl groups excluding tert-OH is 1. The van der Waals surface area contributed by atoms with Crippen LogP contribution in [0, 0.1) is 0 Å². The Kier molecular flexibility index (Phi) is 4.22. The van der Waals surface area contributed by atoms with Gasteiger partial charge in [-0.3, -0.25) is 4.90 Å². The molecule has 2 aromatic rings. The third-order valence-corrected chi connectivity index (χ3v) is 2.61. The first-order chi connectivity index (χ1) is 8.69. The Bertz CT molecular complexity index is 468. The Hall–Kier alpha value is -1.53. The first-order valence-electron chi connectivity index (χ1n) is 5.73. The molecule has 0 atom stereocenters. The van der Waals surface area contributed by atoms with Gasteiger partial charge in [0.1, 0.15) is 5.65 Å². The number of hydrogen-bond donors (Lipinski definition) is 1. The van der Waals surface area contributed by atoms with Gasteiger partial charge in [0.25, 0.3) is 6.43 Å². The van der Waals surface area contributed by atoms with Crippen molar-refractivity contribution < 1.29 is 13.9 Å². The van der Waals surface area contributed by atoms with Crippen LogP contribution >= 0.6 is 0 Å². The molecule has 6 heteroatoms.